The van der Waals surface area contributed by atoms with Crippen LogP contribution in [0.15, 0.2) is 91.0 Å². The monoisotopic (exact) mass is 536 g/mol. The SMILES string of the molecule is CC(=O)NC1(N2C(=O)c3ccccc3[C@H](C(=O)O)[C@H]2c2ccc3c(c2)OCCO3)C=CC(c2ccccc2)=CC1. The number of carbonyl (C=O) groups is 3. The number of nitrogens with one attached hydrogen (secondary N) is 1. The van der Waals surface area contributed by atoms with Gasteiger partial charge in [-0.1, -0.05) is 66.7 Å². The Labute approximate surface area is 231 Å². The van der Waals surface area contributed by atoms with E-state index >= 15 is 0 Å². The van der Waals surface area contributed by atoms with Gasteiger partial charge in [0.05, 0.1) is 6.04 Å². The van der Waals surface area contributed by atoms with Gasteiger partial charge in [0, 0.05) is 18.9 Å². The molecule has 0 fully saturated rings. The van der Waals surface area contributed by atoms with E-state index in [4.69, 9.17) is 9.47 Å². The second-order valence-corrected chi connectivity index (χ2v) is 10.1. The third-order valence-electron chi connectivity index (χ3n) is 7.61. The number of benzene rings is 3. The van der Waals surface area contributed by atoms with Gasteiger partial charge in [-0.2, -0.15) is 0 Å². The minimum atomic E-state index is -1.32. The Kier molecular flexibility index (Phi) is 6.38. The van der Waals surface area contributed by atoms with Crippen LogP contribution in [0, 0.1) is 0 Å². The van der Waals surface area contributed by atoms with E-state index < -0.39 is 23.6 Å². The van der Waals surface area contributed by atoms with E-state index in [-0.39, 0.29) is 18.2 Å². The largest absolute Gasteiger partial charge is 0.486 e. The maximum atomic E-state index is 14.4. The van der Waals surface area contributed by atoms with E-state index in [1.54, 1.807) is 48.5 Å². The van der Waals surface area contributed by atoms with E-state index in [0.717, 1.165) is 11.1 Å². The molecule has 6 rings (SSSR count). The number of hydrogen-bond acceptors (Lipinski definition) is 5. The third-order valence-corrected chi connectivity index (χ3v) is 7.61. The summed E-state index contributed by atoms with van der Waals surface area (Å²) in [5.74, 6) is -1.86. The number of nitrogens with zero attached hydrogens (tertiary/aromatic N) is 1. The fourth-order valence-corrected chi connectivity index (χ4v) is 5.93. The first-order valence-corrected chi connectivity index (χ1v) is 13.2. The Hall–Kier alpha value is -4.85. The highest BCUT2D eigenvalue weighted by molar-refractivity contribution is 6.01. The summed E-state index contributed by atoms with van der Waals surface area (Å²) in [5.41, 5.74) is 1.90. The lowest BCUT2D eigenvalue weighted by Gasteiger charge is -2.51. The highest BCUT2D eigenvalue weighted by Crippen LogP contribution is 2.49. The van der Waals surface area contributed by atoms with E-state index in [1.165, 1.54) is 11.8 Å². The number of amides is 2. The summed E-state index contributed by atoms with van der Waals surface area (Å²) >= 11 is 0. The Morgan fingerprint density at radius 1 is 0.975 bits per heavy atom. The van der Waals surface area contributed by atoms with Crippen molar-refractivity contribution in [2.24, 2.45) is 0 Å². The van der Waals surface area contributed by atoms with Gasteiger partial charge < -0.3 is 24.8 Å². The molecule has 0 spiro atoms. The van der Waals surface area contributed by atoms with Crippen LogP contribution >= 0.6 is 0 Å². The second kappa shape index (κ2) is 10.0. The van der Waals surface area contributed by atoms with Crippen molar-refractivity contribution < 1.29 is 29.0 Å². The zero-order chi connectivity index (χ0) is 27.9. The Morgan fingerprint density at radius 2 is 1.70 bits per heavy atom. The minimum absolute atomic E-state index is 0.245. The summed E-state index contributed by atoms with van der Waals surface area (Å²) in [6.45, 7) is 2.17. The van der Waals surface area contributed by atoms with Crippen LogP contribution in [0.2, 0.25) is 0 Å². The van der Waals surface area contributed by atoms with Gasteiger partial charge in [-0.15, -0.1) is 0 Å². The highest BCUT2D eigenvalue weighted by atomic mass is 16.6. The maximum absolute atomic E-state index is 14.4. The zero-order valence-electron chi connectivity index (χ0n) is 21.9. The van der Waals surface area contributed by atoms with Crippen molar-refractivity contribution in [1.29, 1.82) is 0 Å². The van der Waals surface area contributed by atoms with Gasteiger partial charge in [0.25, 0.3) is 5.91 Å². The molecular formula is C32H28N2O6. The summed E-state index contributed by atoms with van der Waals surface area (Å²) in [5, 5.41) is 13.6. The fourth-order valence-electron chi connectivity index (χ4n) is 5.93. The predicted octanol–water partition coefficient (Wildman–Crippen LogP) is 4.70. The average molecular weight is 537 g/mol. The molecule has 0 aromatic heterocycles. The standard InChI is InChI=1S/C32H28N2O6/c1-20(35)33-32(15-13-22(14-16-32)21-7-3-2-4-8-21)34-29(23-11-12-26-27(19-23)40-18-17-39-26)28(31(37)38)24-9-5-6-10-25(24)30(34)36/h2-15,19,28-29H,16-18H2,1H3,(H,33,35)(H,37,38)/t28-,29+,32?/m0/s1. The third kappa shape index (κ3) is 4.31. The molecule has 0 saturated carbocycles. The normalized spacial score (nSPS) is 23.2. The van der Waals surface area contributed by atoms with Crippen molar-refractivity contribution in [1.82, 2.24) is 10.2 Å². The number of carbonyl (C=O) groups excluding carboxylic acids is 2. The summed E-state index contributed by atoms with van der Waals surface area (Å²) in [7, 11) is 0. The first-order chi connectivity index (χ1) is 19.4. The van der Waals surface area contributed by atoms with Gasteiger partial charge in [0.2, 0.25) is 5.91 Å². The van der Waals surface area contributed by atoms with Gasteiger partial charge >= 0.3 is 5.97 Å². The van der Waals surface area contributed by atoms with Crippen molar-refractivity contribution in [2.75, 3.05) is 13.2 Å². The van der Waals surface area contributed by atoms with Crippen LogP contribution in [-0.4, -0.2) is 46.7 Å². The summed E-state index contributed by atoms with van der Waals surface area (Å²) in [6.07, 6.45) is 5.88. The summed E-state index contributed by atoms with van der Waals surface area (Å²) in [4.78, 5) is 41.5. The molecule has 1 unspecified atom stereocenters. The lowest BCUT2D eigenvalue weighted by Crippen LogP contribution is -2.64. The fraction of sp³-hybridized carbons (Fsp3) is 0.219. The predicted molar refractivity (Wildman–Crippen MR) is 148 cm³/mol. The number of carboxylic acid groups (broad SMARTS) is 1. The van der Waals surface area contributed by atoms with Gasteiger partial charge in [-0.25, -0.2) is 0 Å². The molecule has 8 heteroatoms. The molecule has 1 aliphatic carbocycles. The van der Waals surface area contributed by atoms with E-state index in [0.29, 0.717) is 41.4 Å². The molecule has 2 aliphatic heterocycles. The second-order valence-electron chi connectivity index (χ2n) is 10.1. The van der Waals surface area contributed by atoms with Crippen molar-refractivity contribution >= 4 is 23.4 Å². The topological polar surface area (TPSA) is 105 Å². The van der Waals surface area contributed by atoms with Crippen LogP contribution in [0.25, 0.3) is 5.57 Å². The minimum Gasteiger partial charge on any atom is -0.486 e. The number of hydrogen-bond donors (Lipinski definition) is 2. The van der Waals surface area contributed by atoms with E-state index in [2.05, 4.69) is 5.32 Å². The van der Waals surface area contributed by atoms with Crippen molar-refractivity contribution in [2.45, 2.75) is 31.0 Å². The van der Waals surface area contributed by atoms with Gasteiger partial charge in [0.15, 0.2) is 11.5 Å². The van der Waals surface area contributed by atoms with Crippen LogP contribution < -0.4 is 14.8 Å². The molecule has 202 valence electrons. The summed E-state index contributed by atoms with van der Waals surface area (Å²) < 4.78 is 11.5. The van der Waals surface area contributed by atoms with Gasteiger partial charge in [0.1, 0.15) is 24.8 Å². The van der Waals surface area contributed by atoms with Crippen LogP contribution in [0.4, 0.5) is 0 Å². The van der Waals surface area contributed by atoms with Crippen LogP contribution in [-0.2, 0) is 9.59 Å². The lowest BCUT2D eigenvalue weighted by molar-refractivity contribution is -0.141. The molecular weight excluding hydrogens is 508 g/mol. The molecule has 3 aromatic carbocycles. The molecule has 3 aliphatic rings. The molecule has 0 radical (unpaired) electrons. The quantitative estimate of drug-likeness (QED) is 0.490. The van der Waals surface area contributed by atoms with Gasteiger partial charge in [-0.3, -0.25) is 14.4 Å². The molecule has 40 heavy (non-hydrogen) atoms. The molecule has 3 aromatic rings. The van der Waals surface area contributed by atoms with Gasteiger partial charge in [-0.05, 0) is 46.5 Å². The Bertz CT molecular complexity index is 1560. The number of allylic oxidation sites excluding steroid dienone is 2. The molecule has 0 saturated heterocycles. The van der Waals surface area contributed by atoms with Crippen LogP contribution in [0.3, 0.4) is 0 Å². The molecule has 2 N–H and O–H groups in total. The molecule has 2 heterocycles. The summed E-state index contributed by atoms with van der Waals surface area (Å²) in [6, 6.07) is 20.9. The maximum Gasteiger partial charge on any atom is 0.313 e. The highest BCUT2D eigenvalue weighted by Gasteiger charge is 2.52. The van der Waals surface area contributed by atoms with Crippen molar-refractivity contribution in [3.05, 3.63) is 113 Å². The molecule has 2 amide bonds. The molecule has 8 nitrogen and oxygen atoms in total. The smallest absolute Gasteiger partial charge is 0.313 e. The molecule has 3 atom stereocenters. The molecule has 0 bridgehead atoms. The first-order valence-electron chi connectivity index (χ1n) is 13.2. The van der Waals surface area contributed by atoms with E-state index in [9.17, 15) is 19.5 Å². The number of fused-ring (bicyclic) bond motifs is 2. The first kappa shape index (κ1) is 25.4. The van der Waals surface area contributed by atoms with Crippen molar-refractivity contribution in [3.63, 3.8) is 0 Å². The number of aliphatic carboxylic acids is 1. The number of carboxylic acids is 1. The average Bonchev–Trinajstić information content (AvgIpc) is 2.97. The number of ether oxygens (including phenoxy) is 2. The lowest BCUT2D eigenvalue weighted by atomic mass is 9.77. The zero-order valence-corrected chi connectivity index (χ0v) is 21.9. The van der Waals surface area contributed by atoms with Crippen molar-refractivity contribution in [3.8, 4) is 11.5 Å². The Morgan fingerprint density at radius 3 is 2.40 bits per heavy atom. The van der Waals surface area contributed by atoms with Crippen LogP contribution in [0.5, 0.6) is 11.5 Å². The Balaban J connectivity index is 1.54. The number of rotatable bonds is 5. The van der Waals surface area contributed by atoms with E-state index in [1.807, 2.05) is 42.5 Å². The van der Waals surface area contributed by atoms with Crippen LogP contribution in [0.1, 0.15) is 52.4 Å².